The lowest BCUT2D eigenvalue weighted by atomic mass is 10.2. The zero-order valence-corrected chi connectivity index (χ0v) is 17.7. The van der Waals surface area contributed by atoms with Crippen LogP contribution in [0.15, 0.2) is 36.5 Å². The minimum Gasteiger partial charge on any atom is -0.372 e. The SMILES string of the molecule is COC1(c2cc(Nc3nc(NC(C)C)nc(-c4cccc(C(F)(F)F)n4)n3)ccn2)CC1. The number of aromatic nitrogens is 5. The third-order valence-electron chi connectivity index (χ3n) is 4.90. The van der Waals surface area contributed by atoms with E-state index in [1.165, 1.54) is 12.1 Å². The number of nitrogens with zero attached hydrogens (tertiary/aromatic N) is 5. The van der Waals surface area contributed by atoms with Gasteiger partial charge < -0.3 is 15.4 Å². The summed E-state index contributed by atoms with van der Waals surface area (Å²) in [6.45, 7) is 3.79. The molecule has 0 amide bonds. The molecule has 0 atom stereocenters. The van der Waals surface area contributed by atoms with Crippen molar-refractivity contribution in [3.8, 4) is 11.5 Å². The summed E-state index contributed by atoms with van der Waals surface area (Å²) in [5.74, 6) is 0.398. The van der Waals surface area contributed by atoms with Crippen LogP contribution in [-0.4, -0.2) is 38.1 Å². The molecule has 0 saturated heterocycles. The van der Waals surface area contributed by atoms with Crippen LogP contribution in [0.3, 0.4) is 0 Å². The molecule has 4 rings (SSSR count). The molecule has 8 nitrogen and oxygen atoms in total. The summed E-state index contributed by atoms with van der Waals surface area (Å²) < 4.78 is 44.9. The monoisotopic (exact) mass is 445 g/mol. The Morgan fingerprint density at radius 1 is 1.03 bits per heavy atom. The molecule has 3 aromatic heterocycles. The summed E-state index contributed by atoms with van der Waals surface area (Å²) in [4.78, 5) is 21.0. The van der Waals surface area contributed by atoms with Crippen LogP contribution in [0.1, 0.15) is 38.1 Å². The van der Waals surface area contributed by atoms with E-state index in [2.05, 4.69) is 35.6 Å². The van der Waals surface area contributed by atoms with Crippen molar-refractivity contribution in [2.24, 2.45) is 0 Å². The molecule has 0 bridgehead atoms. The minimum absolute atomic E-state index is 0.00322. The quantitative estimate of drug-likeness (QED) is 0.547. The molecular formula is C21H22F3N7O. The third kappa shape index (κ3) is 4.77. The second-order valence-corrected chi connectivity index (χ2v) is 7.76. The molecule has 3 heterocycles. The van der Waals surface area contributed by atoms with Crippen LogP contribution in [0.4, 0.5) is 30.8 Å². The first-order chi connectivity index (χ1) is 15.2. The summed E-state index contributed by atoms with van der Waals surface area (Å²) in [7, 11) is 1.65. The highest BCUT2D eigenvalue weighted by Crippen LogP contribution is 2.48. The van der Waals surface area contributed by atoms with Crippen molar-refractivity contribution in [1.82, 2.24) is 24.9 Å². The number of alkyl halides is 3. The predicted molar refractivity (Wildman–Crippen MR) is 112 cm³/mol. The highest BCUT2D eigenvalue weighted by molar-refractivity contribution is 5.59. The normalized spacial score (nSPS) is 15.0. The van der Waals surface area contributed by atoms with Crippen LogP contribution in [0.25, 0.3) is 11.5 Å². The van der Waals surface area contributed by atoms with Crippen LogP contribution in [0.5, 0.6) is 0 Å². The van der Waals surface area contributed by atoms with E-state index in [1.54, 1.807) is 19.4 Å². The first-order valence-electron chi connectivity index (χ1n) is 10.0. The predicted octanol–water partition coefficient (Wildman–Crippen LogP) is 4.55. The van der Waals surface area contributed by atoms with Crippen molar-refractivity contribution in [3.05, 3.63) is 47.9 Å². The second kappa shape index (κ2) is 8.30. The lowest BCUT2D eigenvalue weighted by Gasteiger charge is -2.15. The summed E-state index contributed by atoms with van der Waals surface area (Å²) in [5, 5.41) is 6.15. The molecule has 0 aliphatic heterocycles. The van der Waals surface area contributed by atoms with Gasteiger partial charge in [0.1, 0.15) is 17.0 Å². The Bertz CT molecular complexity index is 1120. The Morgan fingerprint density at radius 2 is 1.78 bits per heavy atom. The second-order valence-electron chi connectivity index (χ2n) is 7.76. The van der Waals surface area contributed by atoms with Gasteiger partial charge in [-0.25, -0.2) is 4.98 Å². The zero-order chi connectivity index (χ0) is 22.9. The van der Waals surface area contributed by atoms with E-state index >= 15 is 0 Å². The highest BCUT2D eigenvalue weighted by atomic mass is 19.4. The van der Waals surface area contributed by atoms with Crippen LogP contribution in [0.2, 0.25) is 0 Å². The topological polar surface area (TPSA) is 97.7 Å². The minimum atomic E-state index is -4.57. The van der Waals surface area contributed by atoms with Gasteiger partial charge in [-0.1, -0.05) is 6.07 Å². The van der Waals surface area contributed by atoms with Crippen LogP contribution in [-0.2, 0) is 16.5 Å². The number of pyridine rings is 2. The smallest absolute Gasteiger partial charge is 0.372 e. The average Bonchev–Trinajstić information content (AvgIpc) is 3.54. The van der Waals surface area contributed by atoms with Crippen LogP contribution >= 0.6 is 0 Å². The van der Waals surface area contributed by atoms with Gasteiger partial charge in [0, 0.05) is 25.0 Å². The fourth-order valence-corrected chi connectivity index (χ4v) is 3.15. The van der Waals surface area contributed by atoms with E-state index in [4.69, 9.17) is 4.74 Å². The maximum atomic E-state index is 13.1. The van der Waals surface area contributed by atoms with Crippen molar-refractivity contribution in [2.45, 2.75) is 44.5 Å². The highest BCUT2D eigenvalue weighted by Gasteiger charge is 2.46. The fraction of sp³-hybridized carbons (Fsp3) is 0.381. The number of ether oxygens (including phenoxy) is 1. The number of hydrogen-bond acceptors (Lipinski definition) is 8. The number of anilines is 3. The summed E-state index contributed by atoms with van der Waals surface area (Å²) in [6.07, 6.45) is -1.14. The molecule has 1 aliphatic carbocycles. The average molecular weight is 445 g/mol. The first-order valence-corrected chi connectivity index (χ1v) is 10.0. The molecule has 0 unspecified atom stereocenters. The Morgan fingerprint density at radius 3 is 2.44 bits per heavy atom. The summed E-state index contributed by atoms with van der Waals surface area (Å²) >= 11 is 0. The Kier molecular flexibility index (Phi) is 5.68. The van der Waals surface area contributed by atoms with Crippen LogP contribution in [0, 0.1) is 0 Å². The Balaban J connectivity index is 1.70. The third-order valence-corrected chi connectivity index (χ3v) is 4.90. The van der Waals surface area contributed by atoms with Crippen molar-refractivity contribution >= 4 is 17.6 Å². The molecule has 0 aromatic carbocycles. The van der Waals surface area contributed by atoms with Crippen molar-refractivity contribution in [2.75, 3.05) is 17.7 Å². The number of rotatable bonds is 7. The van der Waals surface area contributed by atoms with E-state index in [0.717, 1.165) is 24.6 Å². The van der Waals surface area contributed by atoms with E-state index in [0.29, 0.717) is 5.69 Å². The molecule has 32 heavy (non-hydrogen) atoms. The van der Waals surface area contributed by atoms with Gasteiger partial charge in [-0.2, -0.15) is 28.1 Å². The molecule has 0 spiro atoms. The number of halogens is 3. The van der Waals surface area contributed by atoms with Gasteiger partial charge in [0.05, 0.1) is 5.69 Å². The van der Waals surface area contributed by atoms with Gasteiger partial charge in [0.25, 0.3) is 0 Å². The molecule has 2 N–H and O–H groups in total. The number of methoxy groups -OCH3 is 1. The standard InChI is InChI=1S/C21H22F3N7O/c1-12(2)26-18-29-17(14-5-4-6-15(28-14)21(22,23)24)30-19(31-18)27-13-7-10-25-16(11-13)20(32-3)8-9-20/h4-7,10-12H,8-9H2,1-3H3,(H2,25,26,27,29,30,31). The molecule has 3 aromatic rings. The van der Waals surface area contributed by atoms with Gasteiger partial charge in [-0.3, -0.25) is 4.98 Å². The van der Waals surface area contributed by atoms with E-state index in [1.807, 2.05) is 19.9 Å². The first kappa shape index (κ1) is 21.9. The molecule has 168 valence electrons. The molecule has 1 aliphatic rings. The summed E-state index contributed by atoms with van der Waals surface area (Å²) in [6, 6.07) is 7.19. The van der Waals surface area contributed by atoms with Crippen molar-refractivity contribution in [1.29, 1.82) is 0 Å². The Labute approximate surface area is 182 Å². The molecule has 1 saturated carbocycles. The van der Waals surface area contributed by atoms with Crippen LogP contribution < -0.4 is 10.6 Å². The van der Waals surface area contributed by atoms with Gasteiger partial charge in [-0.05, 0) is 51.0 Å². The Hall–Kier alpha value is -3.34. The van der Waals surface area contributed by atoms with Gasteiger partial charge in [0.2, 0.25) is 11.9 Å². The number of nitrogens with one attached hydrogen (secondary N) is 2. The fourth-order valence-electron chi connectivity index (χ4n) is 3.15. The molecule has 1 fully saturated rings. The molecule has 11 heteroatoms. The summed E-state index contributed by atoms with van der Waals surface area (Å²) in [5.41, 5.74) is 0.0661. The number of hydrogen-bond donors (Lipinski definition) is 2. The largest absolute Gasteiger partial charge is 0.433 e. The lowest BCUT2D eigenvalue weighted by molar-refractivity contribution is -0.141. The molecular weight excluding hydrogens is 423 g/mol. The maximum absolute atomic E-state index is 13.1. The van der Waals surface area contributed by atoms with Gasteiger partial charge in [-0.15, -0.1) is 0 Å². The maximum Gasteiger partial charge on any atom is 0.433 e. The van der Waals surface area contributed by atoms with E-state index < -0.39 is 11.9 Å². The zero-order valence-electron chi connectivity index (χ0n) is 17.7. The van der Waals surface area contributed by atoms with E-state index in [-0.39, 0.29) is 35.1 Å². The van der Waals surface area contributed by atoms with Crippen molar-refractivity contribution < 1.29 is 17.9 Å². The molecule has 0 radical (unpaired) electrons. The van der Waals surface area contributed by atoms with Crippen molar-refractivity contribution in [3.63, 3.8) is 0 Å². The van der Waals surface area contributed by atoms with Gasteiger partial charge >= 0.3 is 6.18 Å². The van der Waals surface area contributed by atoms with E-state index in [9.17, 15) is 13.2 Å². The lowest BCUT2D eigenvalue weighted by Crippen LogP contribution is -2.15. The van der Waals surface area contributed by atoms with Gasteiger partial charge in [0.15, 0.2) is 5.82 Å².